The van der Waals surface area contributed by atoms with E-state index in [1.54, 1.807) is 0 Å². The van der Waals surface area contributed by atoms with Gasteiger partial charge < -0.3 is 5.32 Å². The molecule has 13 heavy (non-hydrogen) atoms. The van der Waals surface area contributed by atoms with Gasteiger partial charge in [0.15, 0.2) is 0 Å². The Morgan fingerprint density at radius 2 is 2.08 bits per heavy atom. The van der Waals surface area contributed by atoms with Crippen molar-refractivity contribution in [1.29, 1.82) is 0 Å². The maximum Gasteiger partial charge on any atom is -0.00153 e. The van der Waals surface area contributed by atoms with Crippen molar-refractivity contribution >= 4 is 11.8 Å². The number of hydrogen-bond donors (Lipinski definition) is 1. The van der Waals surface area contributed by atoms with Crippen LogP contribution in [0.4, 0.5) is 0 Å². The van der Waals surface area contributed by atoms with Crippen molar-refractivity contribution in [2.24, 2.45) is 11.3 Å². The van der Waals surface area contributed by atoms with E-state index in [0.717, 1.165) is 11.3 Å². The molecule has 2 rings (SSSR count). The van der Waals surface area contributed by atoms with Crippen LogP contribution < -0.4 is 5.32 Å². The Kier molecular flexibility index (Phi) is 3.20. The third-order valence-electron chi connectivity index (χ3n) is 4.04. The molecule has 2 saturated heterocycles. The van der Waals surface area contributed by atoms with Gasteiger partial charge in [-0.2, -0.15) is 11.8 Å². The SMILES string of the molecule is CCC1CNCCC12CCSCC2. The van der Waals surface area contributed by atoms with Gasteiger partial charge in [-0.05, 0) is 55.2 Å². The van der Waals surface area contributed by atoms with Crippen LogP contribution in [0.5, 0.6) is 0 Å². The fourth-order valence-electron chi connectivity index (χ4n) is 3.05. The van der Waals surface area contributed by atoms with Gasteiger partial charge in [-0.3, -0.25) is 0 Å². The van der Waals surface area contributed by atoms with Gasteiger partial charge in [0.1, 0.15) is 0 Å². The number of hydrogen-bond acceptors (Lipinski definition) is 2. The zero-order valence-corrected chi connectivity index (χ0v) is 9.46. The largest absolute Gasteiger partial charge is 0.316 e. The predicted octanol–water partition coefficient (Wildman–Crippen LogP) is 2.52. The zero-order valence-electron chi connectivity index (χ0n) is 8.64. The van der Waals surface area contributed by atoms with E-state index in [9.17, 15) is 0 Å². The average Bonchev–Trinajstić information content (AvgIpc) is 2.20. The van der Waals surface area contributed by atoms with E-state index in [0.29, 0.717) is 0 Å². The van der Waals surface area contributed by atoms with Crippen LogP contribution >= 0.6 is 11.8 Å². The van der Waals surface area contributed by atoms with Crippen molar-refractivity contribution in [2.75, 3.05) is 24.6 Å². The first-order valence-electron chi connectivity index (χ1n) is 5.66. The first-order valence-corrected chi connectivity index (χ1v) is 6.81. The molecule has 0 radical (unpaired) electrons. The van der Waals surface area contributed by atoms with Crippen molar-refractivity contribution in [3.63, 3.8) is 0 Å². The number of thioether (sulfide) groups is 1. The van der Waals surface area contributed by atoms with E-state index in [1.807, 2.05) is 0 Å². The smallest absolute Gasteiger partial charge is 0.00153 e. The van der Waals surface area contributed by atoms with Crippen molar-refractivity contribution in [1.82, 2.24) is 5.32 Å². The minimum Gasteiger partial charge on any atom is -0.316 e. The Bertz CT molecular complexity index is 155. The lowest BCUT2D eigenvalue weighted by Gasteiger charge is -2.46. The predicted molar refractivity (Wildman–Crippen MR) is 60.3 cm³/mol. The monoisotopic (exact) mass is 199 g/mol. The fraction of sp³-hybridized carbons (Fsp3) is 1.00. The summed E-state index contributed by atoms with van der Waals surface area (Å²) in [7, 11) is 0. The molecule has 0 aliphatic carbocycles. The summed E-state index contributed by atoms with van der Waals surface area (Å²) in [5.74, 6) is 3.79. The summed E-state index contributed by atoms with van der Waals surface area (Å²) in [6, 6.07) is 0. The summed E-state index contributed by atoms with van der Waals surface area (Å²) in [6.45, 7) is 4.91. The van der Waals surface area contributed by atoms with Crippen LogP contribution in [0.3, 0.4) is 0 Å². The molecule has 0 amide bonds. The Morgan fingerprint density at radius 1 is 1.31 bits per heavy atom. The normalized spacial score (nSPS) is 33.5. The van der Waals surface area contributed by atoms with Gasteiger partial charge in [0.25, 0.3) is 0 Å². The molecule has 2 heteroatoms. The third-order valence-corrected chi connectivity index (χ3v) is 5.02. The number of rotatable bonds is 1. The van der Waals surface area contributed by atoms with E-state index in [2.05, 4.69) is 24.0 Å². The first kappa shape index (κ1) is 9.85. The van der Waals surface area contributed by atoms with Crippen molar-refractivity contribution in [3.05, 3.63) is 0 Å². The molecular formula is C11H21NS. The maximum absolute atomic E-state index is 3.55. The minimum atomic E-state index is 0.741. The molecule has 0 aromatic carbocycles. The van der Waals surface area contributed by atoms with Crippen molar-refractivity contribution in [2.45, 2.75) is 32.6 Å². The highest BCUT2D eigenvalue weighted by atomic mass is 32.2. The molecule has 0 bridgehead atoms. The lowest BCUT2D eigenvalue weighted by molar-refractivity contribution is 0.0922. The lowest BCUT2D eigenvalue weighted by Crippen LogP contribution is -2.46. The van der Waals surface area contributed by atoms with Gasteiger partial charge in [-0.1, -0.05) is 13.3 Å². The topological polar surface area (TPSA) is 12.0 Å². The van der Waals surface area contributed by atoms with Crippen LogP contribution in [0.15, 0.2) is 0 Å². The van der Waals surface area contributed by atoms with Crippen LogP contribution in [-0.2, 0) is 0 Å². The van der Waals surface area contributed by atoms with Crippen LogP contribution in [0.2, 0.25) is 0 Å². The molecule has 2 aliphatic rings. The van der Waals surface area contributed by atoms with E-state index in [1.165, 1.54) is 50.3 Å². The highest BCUT2D eigenvalue weighted by molar-refractivity contribution is 7.99. The van der Waals surface area contributed by atoms with Gasteiger partial charge >= 0.3 is 0 Å². The van der Waals surface area contributed by atoms with E-state index >= 15 is 0 Å². The summed E-state index contributed by atoms with van der Waals surface area (Å²) in [6.07, 6.45) is 5.78. The van der Waals surface area contributed by atoms with Gasteiger partial charge in [0, 0.05) is 0 Å². The average molecular weight is 199 g/mol. The van der Waals surface area contributed by atoms with Gasteiger partial charge in [-0.25, -0.2) is 0 Å². The van der Waals surface area contributed by atoms with Crippen LogP contribution in [-0.4, -0.2) is 24.6 Å². The lowest BCUT2D eigenvalue weighted by atomic mass is 9.66. The van der Waals surface area contributed by atoms with E-state index in [-0.39, 0.29) is 0 Å². The number of nitrogens with one attached hydrogen (secondary N) is 1. The summed E-state index contributed by atoms with van der Waals surface area (Å²) in [5, 5.41) is 3.55. The molecule has 1 N–H and O–H groups in total. The maximum atomic E-state index is 3.55. The quantitative estimate of drug-likeness (QED) is 0.696. The van der Waals surface area contributed by atoms with E-state index in [4.69, 9.17) is 0 Å². The van der Waals surface area contributed by atoms with Gasteiger partial charge in [0.2, 0.25) is 0 Å². The molecule has 1 unspecified atom stereocenters. The van der Waals surface area contributed by atoms with Crippen LogP contribution in [0.25, 0.3) is 0 Å². The first-order chi connectivity index (χ1) is 6.37. The summed E-state index contributed by atoms with van der Waals surface area (Å²) in [5.41, 5.74) is 0.741. The summed E-state index contributed by atoms with van der Waals surface area (Å²) < 4.78 is 0. The molecule has 76 valence electrons. The second kappa shape index (κ2) is 4.22. The van der Waals surface area contributed by atoms with Gasteiger partial charge in [-0.15, -0.1) is 0 Å². The van der Waals surface area contributed by atoms with Crippen LogP contribution in [0.1, 0.15) is 32.6 Å². The molecule has 2 heterocycles. The zero-order chi connectivity index (χ0) is 9.15. The minimum absolute atomic E-state index is 0.741. The molecule has 0 aromatic rings. The Balaban J connectivity index is 2.06. The molecule has 0 saturated carbocycles. The number of piperidine rings is 1. The standard InChI is InChI=1S/C11H21NS/c1-2-10-9-12-6-3-11(10)4-7-13-8-5-11/h10,12H,2-9H2,1H3. The molecular weight excluding hydrogens is 178 g/mol. The molecule has 0 aromatic heterocycles. The molecule has 2 fully saturated rings. The molecule has 1 atom stereocenters. The van der Waals surface area contributed by atoms with E-state index < -0.39 is 0 Å². The second-order valence-corrected chi connectivity index (χ2v) is 5.76. The molecule has 1 spiro atoms. The highest BCUT2D eigenvalue weighted by Gasteiger charge is 2.40. The second-order valence-electron chi connectivity index (χ2n) is 4.53. The van der Waals surface area contributed by atoms with Crippen molar-refractivity contribution < 1.29 is 0 Å². The van der Waals surface area contributed by atoms with Gasteiger partial charge in [0.05, 0.1) is 0 Å². The molecule has 1 nitrogen and oxygen atoms in total. The van der Waals surface area contributed by atoms with Crippen molar-refractivity contribution in [3.8, 4) is 0 Å². The fourth-order valence-corrected chi connectivity index (χ4v) is 4.35. The molecule has 2 aliphatic heterocycles. The summed E-state index contributed by atoms with van der Waals surface area (Å²) >= 11 is 2.15. The highest BCUT2D eigenvalue weighted by Crippen LogP contribution is 2.46. The Morgan fingerprint density at radius 3 is 2.77 bits per heavy atom. The van der Waals surface area contributed by atoms with Crippen LogP contribution in [0, 0.1) is 11.3 Å². The third kappa shape index (κ3) is 1.89. The Labute approximate surface area is 86.0 Å². The summed E-state index contributed by atoms with van der Waals surface area (Å²) in [4.78, 5) is 0. The Hall–Kier alpha value is 0.310.